The van der Waals surface area contributed by atoms with E-state index in [4.69, 9.17) is 35.5 Å². The van der Waals surface area contributed by atoms with Crippen LogP contribution >= 0.6 is 0 Å². The van der Waals surface area contributed by atoms with E-state index in [1.165, 1.54) is 5.48 Å². The van der Waals surface area contributed by atoms with E-state index in [-0.39, 0.29) is 5.91 Å². The van der Waals surface area contributed by atoms with Crippen molar-refractivity contribution >= 4 is 29.4 Å². The molecule has 2 aromatic rings. The van der Waals surface area contributed by atoms with Gasteiger partial charge < -0.3 is 25.6 Å². The Hall–Kier alpha value is -4.45. The van der Waals surface area contributed by atoms with E-state index in [2.05, 4.69) is 4.98 Å². The molecule has 1 aliphatic rings. The third-order valence-electron chi connectivity index (χ3n) is 5.27. The number of pyridine rings is 1. The summed E-state index contributed by atoms with van der Waals surface area (Å²) >= 11 is 0. The fourth-order valence-corrected chi connectivity index (χ4v) is 3.44. The molecule has 1 fully saturated rings. The average Bonchev–Trinajstić information content (AvgIpc) is 3.27. The summed E-state index contributed by atoms with van der Waals surface area (Å²) in [6.45, 7) is 4.79. The van der Waals surface area contributed by atoms with E-state index in [0.717, 1.165) is 17.0 Å². The topological polar surface area (TPSA) is 192 Å². The number of carboxylic acid groups (broad SMARTS) is 2. The lowest BCUT2D eigenvalue weighted by Crippen LogP contribution is -2.47. The number of hydroxylamine groups is 1. The Balaban J connectivity index is 0.000000522. The van der Waals surface area contributed by atoms with Gasteiger partial charge in [0.2, 0.25) is 5.91 Å². The second kappa shape index (κ2) is 15.0. The molecule has 1 aromatic carbocycles. The zero-order valence-electron chi connectivity index (χ0n) is 21.9. The summed E-state index contributed by atoms with van der Waals surface area (Å²) in [5.74, 6) is -6.46. The monoisotopic (exact) mass is 612 g/mol. The van der Waals surface area contributed by atoms with Crippen LogP contribution in [0.5, 0.6) is 5.75 Å². The summed E-state index contributed by atoms with van der Waals surface area (Å²) in [7, 11) is 0. The molecule has 3 rings (SSSR count). The van der Waals surface area contributed by atoms with Gasteiger partial charge in [-0.1, -0.05) is 0 Å². The standard InChI is InChI=1S/C20H24N4O4.2C2HF3O2/c1-12-9-14(10-13(2)22-12)11-28-16-5-3-15(4-6-16)24-8-7-17(20(24)26)18(21)19(25)23-27;2*3-2(4,5)1(6)7/h3-6,9-10,17-18,27H,7-8,11,21H2,1-2H3,(H,23,25);2*(H,6,7)/t17-,18+;;/m1../s1. The van der Waals surface area contributed by atoms with Crippen molar-refractivity contribution in [2.45, 2.75) is 45.3 Å². The quantitative estimate of drug-likeness (QED) is 0.184. The number of nitrogens with two attached hydrogens (primary N) is 1. The van der Waals surface area contributed by atoms with Crippen LogP contribution in [0.3, 0.4) is 0 Å². The van der Waals surface area contributed by atoms with Crippen LogP contribution in [-0.4, -0.2) is 69.1 Å². The maximum atomic E-state index is 12.6. The first kappa shape index (κ1) is 35.6. The van der Waals surface area contributed by atoms with E-state index < -0.39 is 42.2 Å². The van der Waals surface area contributed by atoms with E-state index in [0.29, 0.717) is 31.0 Å². The van der Waals surface area contributed by atoms with Gasteiger partial charge in [0.05, 0.1) is 12.0 Å². The highest BCUT2D eigenvalue weighted by Crippen LogP contribution is 2.28. The van der Waals surface area contributed by atoms with Crippen molar-refractivity contribution in [3.63, 3.8) is 0 Å². The Morgan fingerprint density at radius 2 is 1.48 bits per heavy atom. The number of aryl methyl sites for hydroxylation is 2. The molecule has 0 saturated carbocycles. The number of hydrogen-bond acceptors (Lipinski definition) is 8. The molecule has 6 N–H and O–H groups in total. The lowest BCUT2D eigenvalue weighted by molar-refractivity contribution is -0.193. The van der Waals surface area contributed by atoms with Crippen LogP contribution in [0.25, 0.3) is 0 Å². The number of ether oxygens (including phenoxy) is 1. The highest BCUT2D eigenvalue weighted by atomic mass is 19.4. The molecule has 18 heteroatoms. The average molecular weight is 612 g/mol. The summed E-state index contributed by atoms with van der Waals surface area (Å²) < 4.78 is 69.3. The molecule has 2 atom stereocenters. The number of alkyl halides is 6. The highest BCUT2D eigenvalue weighted by Gasteiger charge is 2.40. The molecule has 12 nitrogen and oxygen atoms in total. The molecule has 0 unspecified atom stereocenters. The van der Waals surface area contributed by atoms with E-state index >= 15 is 0 Å². The Kier molecular flexibility index (Phi) is 12.7. The minimum atomic E-state index is -5.08. The Bertz CT molecular complexity index is 1210. The molecular formula is C24H26F6N4O8. The molecule has 2 amide bonds. The van der Waals surface area contributed by atoms with Gasteiger partial charge in [-0.25, -0.2) is 15.1 Å². The Morgan fingerprint density at radius 1 is 1.02 bits per heavy atom. The summed E-state index contributed by atoms with van der Waals surface area (Å²) in [6, 6.07) is 10.1. The van der Waals surface area contributed by atoms with Crippen LogP contribution in [-0.2, 0) is 25.8 Å². The van der Waals surface area contributed by atoms with Gasteiger partial charge in [0.25, 0.3) is 5.91 Å². The lowest BCUT2D eigenvalue weighted by Gasteiger charge is -2.19. The van der Waals surface area contributed by atoms with Crippen LogP contribution in [0.15, 0.2) is 36.4 Å². The zero-order valence-corrected chi connectivity index (χ0v) is 21.9. The Labute approximate surface area is 233 Å². The molecule has 1 aliphatic heterocycles. The third-order valence-corrected chi connectivity index (χ3v) is 5.27. The number of anilines is 1. The van der Waals surface area contributed by atoms with Crippen molar-refractivity contribution in [1.29, 1.82) is 0 Å². The zero-order chi connectivity index (χ0) is 32.4. The van der Waals surface area contributed by atoms with E-state index in [9.17, 15) is 35.9 Å². The third kappa shape index (κ3) is 11.2. The number of aromatic nitrogens is 1. The lowest BCUT2D eigenvalue weighted by atomic mass is 9.98. The first-order valence-electron chi connectivity index (χ1n) is 11.6. The maximum Gasteiger partial charge on any atom is 0.490 e. The first-order valence-corrected chi connectivity index (χ1v) is 11.6. The molecule has 232 valence electrons. The SMILES string of the molecule is Cc1cc(COc2ccc(N3CC[C@H]([C@H](N)C(=O)NO)C3=O)cc2)cc(C)n1.O=C(O)C(F)(F)F.O=C(O)C(F)(F)F. The largest absolute Gasteiger partial charge is 0.490 e. The number of benzene rings is 1. The van der Waals surface area contributed by atoms with Crippen molar-refractivity contribution in [2.75, 3.05) is 11.4 Å². The van der Waals surface area contributed by atoms with Gasteiger partial charge in [0.1, 0.15) is 12.4 Å². The molecular weight excluding hydrogens is 586 g/mol. The van der Waals surface area contributed by atoms with Gasteiger partial charge in [0.15, 0.2) is 0 Å². The second-order valence-electron chi connectivity index (χ2n) is 8.53. The molecule has 1 saturated heterocycles. The van der Waals surface area contributed by atoms with Gasteiger partial charge in [-0.3, -0.25) is 19.8 Å². The van der Waals surface area contributed by atoms with Crippen LogP contribution in [0, 0.1) is 19.8 Å². The molecule has 0 radical (unpaired) electrons. The first-order chi connectivity index (χ1) is 19.3. The van der Waals surface area contributed by atoms with Crippen molar-refractivity contribution in [3.8, 4) is 5.75 Å². The van der Waals surface area contributed by atoms with Crippen LogP contribution in [0.4, 0.5) is 32.0 Å². The number of nitrogens with one attached hydrogen (secondary N) is 1. The molecule has 42 heavy (non-hydrogen) atoms. The predicted octanol–water partition coefficient (Wildman–Crippen LogP) is 2.73. The summed E-state index contributed by atoms with van der Waals surface area (Å²) in [6.07, 6.45) is -9.72. The molecule has 1 aromatic heterocycles. The number of rotatable bonds is 6. The predicted molar refractivity (Wildman–Crippen MR) is 130 cm³/mol. The fourth-order valence-electron chi connectivity index (χ4n) is 3.44. The molecule has 2 heterocycles. The summed E-state index contributed by atoms with van der Waals surface area (Å²) in [5, 5.41) is 23.0. The summed E-state index contributed by atoms with van der Waals surface area (Å²) in [4.78, 5) is 47.8. The van der Waals surface area contributed by atoms with Crippen molar-refractivity contribution < 1.29 is 65.7 Å². The highest BCUT2D eigenvalue weighted by molar-refractivity contribution is 6.00. The number of carbonyl (C=O) groups is 4. The molecule has 0 bridgehead atoms. The van der Waals surface area contributed by atoms with Crippen molar-refractivity contribution in [2.24, 2.45) is 11.7 Å². The number of nitrogens with zero attached hydrogens (tertiary/aromatic N) is 2. The number of carbonyl (C=O) groups excluding carboxylic acids is 2. The van der Waals surface area contributed by atoms with Gasteiger partial charge in [0, 0.05) is 23.6 Å². The van der Waals surface area contributed by atoms with Crippen molar-refractivity contribution in [3.05, 3.63) is 53.3 Å². The summed E-state index contributed by atoms with van der Waals surface area (Å²) in [5.41, 5.74) is 10.9. The van der Waals surface area contributed by atoms with Gasteiger partial charge in [-0.05, 0) is 62.2 Å². The number of carboxylic acids is 2. The maximum absolute atomic E-state index is 12.6. The van der Waals surface area contributed by atoms with Gasteiger partial charge >= 0.3 is 24.3 Å². The smallest absolute Gasteiger partial charge is 0.489 e. The number of halogens is 6. The van der Waals surface area contributed by atoms with Crippen LogP contribution < -0.4 is 20.9 Å². The minimum Gasteiger partial charge on any atom is -0.489 e. The Morgan fingerprint density at radius 3 is 1.88 bits per heavy atom. The van der Waals surface area contributed by atoms with Crippen LogP contribution in [0.1, 0.15) is 23.4 Å². The number of hydrogen-bond donors (Lipinski definition) is 5. The van der Waals surface area contributed by atoms with Crippen molar-refractivity contribution in [1.82, 2.24) is 10.5 Å². The number of aliphatic carboxylic acids is 2. The van der Waals surface area contributed by atoms with Crippen LogP contribution in [0.2, 0.25) is 0 Å². The van der Waals surface area contributed by atoms with E-state index in [1.54, 1.807) is 29.2 Å². The number of amides is 2. The minimum absolute atomic E-state index is 0.229. The second-order valence-corrected chi connectivity index (χ2v) is 8.53. The molecule has 0 spiro atoms. The van der Waals surface area contributed by atoms with E-state index in [1.807, 2.05) is 26.0 Å². The van der Waals surface area contributed by atoms with Gasteiger partial charge in [-0.2, -0.15) is 26.3 Å². The molecule has 0 aliphatic carbocycles. The normalized spacial score (nSPS) is 15.4. The fraction of sp³-hybridized carbons (Fsp3) is 0.375. The van der Waals surface area contributed by atoms with Gasteiger partial charge in [-0.15, -0.1) is 0 Å².